The molecule has 110 valence electrons. The second-order valence-corrected chi connectivity index (χ2v) is 7.36. The van der Waals surface area contributed by atoms with Crippen LogP contribution in [0.3, 0.4) is 0 Å². The number of benzene rings is 1. The number of halogens is 4. The summed E-state index contributed by atoms with van der Waals surface area (Å²) in [7, 11) is -3.89. The molecular formula is C11H10BrF3N2O2S. The smallest absolute Gasteiger partial charge is 0.353 e. The van der Waals surface area contributed by atoms with Crippen LogP contribution in [-0.2, 0) is 16.2 Å². The second-order valence-electron chi connectivity index (χ2n) is 4.77. The Bertz CT molecular complexity index is 671. The van der Waals surface area contributed by atoms with Crippen LogP contribution < -0.4 is 9.62 Å². The fraction of sp³-hybridized carbons (Fsp3) is 0.455. The first-order chi connectivity index (χ1) is 9.22. The molecule has 1 aromatic carbocycles. The molecule has 0 bridgehead atoms. The predicted molar refractivity (Wildman–Crippen MR) is 69.8 cm³/mol. The van der Waals surface area contributed by atoms with Crippen molar-refractivity contribution in [3.63, 3.8) is 0 Å². The van der Waals surface area contributed by atoms with E-state index in [0.29, 0.717) is 0 Å². The maximum atomic E-state index is 13.3. The number of hydrogen-bond donors (Lipinski definition) is 1. The second kappa shape index (κ2) is 4.35. The minimum atomic E-state index is -4.62. The van der Waals surface area contributed by atoms with Crippen molar-refractivity contribution in [2.45, 2.75) is 30.0 Å². The van der Waals surface area contributed by atoms with Crippen molar-refractivity contribution in [2.24, 2.45) is 0 Å². The van der Waals surface area contributed by atoms with E-state index in [4.69, 9.17) is 0 Å². The summed E-state index contributed by atoms with van der Waals surface area (Å²) in [6, 6.07) is 2.29. The van der Waals surface area contributed by atoms with Crippen molar-refractivity contribution in [2.75, 3.05) is 11.6 Å². The lowest BCUT2D eigenvalue weighted by Gasteiger charge is -2.34. The van der Waals surface area contributed by atoms with Crippen LogP contribution >= 0.6 is 15.9 Å². The zero-order valence-electron chi connectivity index (χ0n) is 10.0. The lowest BCUT2D eigenvalue weighted by Crippen LogP contribution is -2.45. The van der Waals surface area contributed by atoms with Crippen molar-refractivity contribution in [1.82, 2.24) is 4.72 Å². The zero-order valence-corrected chi connectivity index (χ0v) is 12.4. The molecule has 4 nitrogen and oxygen atoms in total. The van der Waals surface area contributed by atoms with Crippen molar-refractivity contribution >= 4 is 31.6 Å². The van der Waals surface area contributed by atoms with Gasteiger partial charge < -0.3 is 4.90 Å². The maximum absolute atomic E-state index is 13.3. The Morgan fingerprint density at radius 2 is 1.95 bits per heavy atom. The van der Waals surface area contributed by atoms with Gasteiger partial charge in [0, 0.05) is 10.5 Å². The number of fused-ring (bicyclic) bond motifs is 1. The Kier molecular flexibility index (Phi) is 3.07. The minimum Gasteiger partial charge on any atom is -0.353 e. The Morgan fingerprint density at radius 3 is 2.50 bits per heavy atom. The number of hydrogen-bond acceptors (Lipinski definition) is 3. The monoisotopic (exact) mass is 370 g/mol. The third-order valence-corrected chi connectivity index (χ3v) is 5.44. The van der Waals surface area contributed by atoms with Crippen LogP contribution in [-0.4, -0.2) is 21.1 Å². The predicted octanol–water partition coefficient (Wildman–Crippen LogP) is 2.69. The summed E-state index contributed by atoms with van der Waals surface area (Å²) in [5, 5.41) is 0. The Labute approximate surface area is 122 Å². The Morgan fingerprint density at radius 1 is 1.30 bits per heavy atom. The summed E-state index contributed by atoms with van der Waals surface area (Å²) in [5.41, 5.74) is -1.17. The first-order valence-corrected chi connectivity index (χ1v) is 8.15. The van der Waals surface area contributed by atoms with E-state index in [2.05, 4.69) is 20.7 Å². The highest BCUT2D eigenvalue weighted by atomic mass is 79.9. The van der Waals surface area contributed by atoms with Crippen molar-refractivity contribution < 1.29 is 21.6 Å². The number of alkyl halides is 3. The van der Waals surface area contributed by atoms with Crippen LogP contribution in [0.4, 0.5) is 18.9 Å². The number of sulfonamides is 1. The van der Waals surface area contributed by atoms with Crippen LogP contribution in [0.15, 0.2) is 21.5 Å². The molecule has 9 heteroatoms. The summed E-state index contributed by atoms with van der Waals surface area (Å²) >= 11 is 2.88. The van der Waals surface area contributed by atoms with Gasteiger partial charge >= 0.3 is 6.18 Å². The molecular weight excluding hydrogens is 361 g/mol. The third kappa shape index (κ3) is 2.21. The molecule has 3 rings (SSSR count). The molecule has 1 N–H and O–H groups in total. The van der Waals surface area contributed by atoms with E-state index < -0.39 is 21.8 Å². The fourth-order valence-electron chi connectivity index (χ4n) is 2.33. The van der Waals surface area contributed by atoms with Crippen molar-refractivity contribution in [3.8, 4) is 0 Å². The van der Waals surface area contributed by atoms with Crippen LogP contribution in [0, 0.1) is 0 Å². The number of rotatable bonds is 1. The molecule has 0 unspecified atom stereocenters. The molecule has 0 amide bonds. The quantitative estimate of drug-likeness (QED) is 0.826. The van der Waals surface area contributed by atoms with E-state index >= 15 is 0 Å². The average Bonchev–Trinajstić information content (AvgIpc) is 3.10. The molecule has 1 saturated carbocycles. The van der Waals surface area contributed by atoms with Crippen molar-refractivity contribution in [1.29, 1.82) is 0 Å². The van der Waals surface area contributed by atoms with Gasteiger partial charge in [-0.05, 0) is 25.0 Å². The third-order valence-electron chi connectivity index (χ3n) is 3.36. The summed E-state index contributed by atoms with van der Waals surface area (Å²) in [4.78, 5) is 1.18. The molecule has 0 aromatic heterocycles. The molecule has 2 aliphatic rings. The lowest BCUT2D eigenvalue weighted by atomic mass is 10.1. The summed E-state index contributed by atoms with van der Waals surface area (Å²) in [6.45, 7) is -0.125. The van der Waals surface area contributed by atoms with Gasteiger partial charge in [-0.2, -0.15) is 17.9 Å². The SMILES string of the molecule is O=S1(=O)NCN(C2CC2)c2c1ccc(Br)c2C(F)(F)F. The Balaban J connectivity index is 2.31. The molecule has 0 spiro atoms. The standard InChI is InChI=1S/C11H10BrF3N2O2S/c12-7-3-4-8-10(9(7)11(13,14)15)17(6-1-2-6)5-16-20(8,18)19/h3-4,6,16H,1-2,5H2. The highest BCUT2D eigenvalue weighted by Crippen LogP contribution is 2.48. The summed E-state index contributed by atoms with van der Waals surface area (Å²) in [6.07, 6.45) is -3.08. The largest absolute Gasteiger partial charge is 0.419 e. The van der Waals surface area contributed by atoms with Gasteiger partial charge in [-0.25, -0.2) is 8.42 Å². The van der Waals surface area contributed by atoms with Gasteiger partial charge in [-0.3, -0.25) is 0 Å². The molecule has 0 radical (unpaired) electrons. The molecule has 20 heavy (non-hydrogen) atoms. The molecule has 1 heterocycles. The van der Waals surface area contributed by atoms with E-state index in [0.717, 1.165) is 18.9 Å². The van der Waals surface area contributed by atoms with Gasteiger partial charge in [0.05, 0.1) is 17.9 Å². The van der Waals surface area contributed by atoms with Gasteiger partial charge in [0.15, 0.2) is 0 Å². The summed E-state index contributed by atoms with van der Waals surface area (Å²) < 4.78 is 65.8. The van der Waals surface area contributed by atoms with Crippen LogP contribution in [0.1, 0.15) is 18.4 Å². The first-order valence-electron chi connectivity index (χ1n) is 5.88. The Hall–Kier alpha value is -0.800. The minimum absolute atomic E-state index is 0.0350. The van der Waals surface area contributed by atoms with Gasteiger partial charge in [0.25, 0.3) is 0 Å². The molecule has 1 aliphatic heterocycles. The number of nitrogens with zero attached hydrogens (tertiary/aromatic N) is 1. The molecule has 0 saturated heterocycles. The van der Waals surface area contributed by atoms with E-state index in [1.54, 1.807) is 0 Å². The van der Waals surface area contributed by atoms with Gasteiger partial charge in [0.2, 0.25) is 10.0 Å². The maximum Gasteiger partial charge on any atom is 0.419 e. The topological polar surface area (TPSA) is 49.4 Å². The van der Waals surface area contributed by atoms with Crippen LogP contribution in [0.5, 0.6) is 0 Å². The highest BCUT2D eigenvalue weighted by molar-refractivity contribution is 9.10. The fourth-order valence-corrected chi connectivity index (χ4v) is 4.06. The molecule has 1 fully saturated rings. The van der Waals surface area contributed by atoms with Crippen molar-refractivity contribution in [3.05, 3.63) is 22.2 Å². The summed E-state index contributed by atoms with van der Waals surface area (Å²) in [5.74, 6) is 0. The normalized spacial score (nSPS) is 21.7. The molecule has 1 aromatic rings. The number of anilines is 1. The van der Waals surface area contributed by atoms with Gasteiger partial charge in [0.1, 0.15) is 4.90 Å². The zero-order chi connectivity index (χ0) is 14.7. The first kappa shape index (κ1) is 14.2. The highest BCUT2D eigenvalue weighted by Gasteiger charge is 2.45. The average molecular weight is 371 g/mol. The number of nitrogens with one attached hydrogen (secondary N) is 1. The molecule has 0 atom stereocenters. The molecule has 1 aliphatic carbocycles. The van der Waals surface area contributed by atoms with E-state index in [-0.39, 0.29) is 27.8 Å². The van der Waals surface area contributed by atoms with E-state index in [9.17, 15) is 21.6 Å². The lowest BCUT2D eigenvalue weighted by molar-refractivity contribution is -0.137. The van der Waals surface area contributed by atoms with E-state index in [1.807, 2.05) is 0 Å². The van der Waals surface area contributed by atoms with Crippen LogP contribution in [0.2, 0.25) is 0 Å². The van der Waals surface area contributed by atoms with Gasteiger partial charge in [-0.1, -0.05) is 15.9 Å². The van der Waals surface area contributed by atoms with Gasteiger partial charge in [-0.15, -0.1) is 0 Å². The van der Waals surface area contributed by atoms with Crippen LogP contribution in [0.25, 0.3) is 0 Å². The van der Waals surface area contributed by atoms with E-state index in [1.165, 1.54) is 11.0 Å².